The summed E-state index contributed by atoms with van der Waals surface area (Å²) in [5, 5.41) is 0. The van der Waals surface area contributed by atoms with E-state index in [1.54, 1.807) is 12.1 Å². The van der Waals surface area contributed by atoms with Gasteiger partial charge in [-0.15, -0.1) is 4.98 Å². The fraction of sp³-hybridized carbons (Fsp3) is 0.435. The third-order valence-electron chi connectivity index (χ3n) is 6.48. The van der Waals surface area contributed by atoms with E-state index in [9.17, 15) is 17.6 Å². The molecule has 1 unspecified atom stereocenters. The number of halogens is 1. The van der Waals surface area contributed by atoms with Crippen molar-refractivity contribution in [3.8, 4) is 11.1 Å². The monoisotopic (exact) mass is 471 g/mol. The van der Waals surface area contributed by atoms with Gasteiger partial charge in [0.05, 0.1) is 6.42 Å². The molecule has 0 saturated carbocycles. The van der Waals surface area contributed by atoms with Crippen LogP contribution in [-0.4, -0.2) is 61.7 Å². The predicted octanol–water partition coefficient (Wildman–Crippen LogP) is 2.47. The van der Waals surface area contributed by atoms with Gasteiger partial charge in [-0.3, -0.25) is 4.79 Å². The third kappa shape index (κ3) is 4.76. The molecule has 2 aliphatic rings. The topological polar surface area (TPSA) is 87.0 Å². The number of carbonyl (C=O) groups excluding carboxylic acids is 1. The Morgan fingerprint density at radius 3 is 2.82 bits per heavy atom. The van der Waals surface area contributed by atoms with Gasteiger partial charge in [-0.2, -0.15) is 12.7 Å². The summed E-state index contributed by atoms with van der Waals surface area (Å²) in [5.41, 5.74) is 2.99. The van der Waals surface area contributed by atoms with E-state index in [4.69, 9.17) is 6.57 Å². The number of amides is 1. The molecule has 4 rings (SSSR count). The first kappa shape index (κ1) is 23.3. The molecule has 1 aromatic heterocycles. The Morgan fingerprint density at radius 2 is 2.12 bits per heavy atom. The molecule has 1 N–H and O–H groups in total. The van der Waals surface area contributed by atoms with Crippen molar-refractivity contribution in [1.29, 1.82) is 0 Å². The molecule has 1 aromatic carbocycles. The van der Waals surface area contributed by atoms with Crippen molar-refractivity contribution >= 4 is 21.9 Å². The van der Waals surface area contributed by atoms with E-state index in [-0.39, 0.29) is 24.1 Å². The quantitative estimate of drug-likeness (QED) is 0.654. The summed E-state index contributed by atoms with van der Waals surface area (Å²) in [6.45, 7) is 8.60. The van der Waals surface area contributed by atoms with Crippen LogP contribution in [0.3, 0.4) is 0 Å². The molecule has 0 radical (unpaired) electrons. The zero-order valence-corrected chi connectivity index (χ0v) is 19.5. The molecule has 1 amide bonds. The molecule has 2 aromatic rings. The lowest BCUT2D eigenvalue weighted by atomic mass is 9.91. The standard InChI is InChI=1S/C23H26FN5O3S/c1-25-22-11-15(7-9-26-22)19-12-21(24)18-6-4-5-17(18)20(19)13-23(30)27-33(31,32)29(3)16-8-10-28(2)14-16/h7,9,11-12,16H,4-6,8,10,13-14H2,2-3H3,(H,27,30). The van der Waals surface area contributed by atoms with Gasteiger partial charge in [-0.1, -0.05) is 6.57 Å². The number of likely N-dealkylation sites (tertiary alicyclic amines) is 1. The van der Waals surface area contributed by atoms with Crippen molar-refractivity contribution in [3.05, 3.63) is 58.3 Å². The lowest BCUT2D eigenvalue weighted by Crippen LogP contribution is -2.47. The summed E-state index contributed by atoms with van der Waals surface area (Å²) in [5.74, 6) is -0.857. The van der Waals surface area contributed by atoms with Crippen LogP contribution in [-0.2, 0) is 34.3 Å². The average Bonchev–Trinajstić information content (AvgIpc) is 3.44. The summed E-state index contributed by atoms with van der Waals surface area (Å²) < 4.78 is 43.9. The van der Waals surface area contributed by atoms with Crippen LogP contribution in [0.1, 0.15) is 29.5 Å². The third-order valence-corrected chi connectivity index (χ3v) is 8.02. The maximum absolute atomic E-state index is 14.8. The summed E-state index contributed by atoms with van der Waals surface area (Å²) in [7, 11) is -0.613. The first-order valence-electron chi connectivity index (χ1n) is 10.8. The Kier molecular flexibility index (Phi) is 6.47. The number of nitrogens with one attached hydrogen (secondary N) is 1. The van der Waals surface area contributed by atoms with Crippen molar-refractivity contribution in [2.45, 2.75) is 38.1 Å². The summed E-state index contributed by atoms with van der Waals surface area (Å²) >= 11 is 0. The van der Waals surface area contributed by atoms with Crippen LogP contribution < -0.4 is 4.72 Å². The summed E-state index contributed by atoms with van der Waals surface area (Å²) in [6, 6.07) is 4.39. The minimum atomic E-state index is -4.01. The Labute approximate surface area is 193 Å². The molecule has 1 fully saturated rings. The Balaban J connectivity index is 1.64. The van der Waals surface area contributed by atoms with Crippen molar-refractivity contribution in [2.75, 3.05) is 27.2 Å². The largest absolute Gasteiger partial charge is 0.361 e. The van der Waals surface area contributed by atoms with Gasteiger partial charge in [0.2, 0.25) is 5.91 Å². The van der Waals surface area contributed by atoms with E-state index in [1.807, 2.05) is 11.9 Å². The lowest BCUT2D eigenvalue weighted by molar-refractivity contribution is -0.118. The first-order valence-corrected chi connectivity index (χ1v) is 12.3. The maximum atomic E-state index is 14.8. The molecular weight excluding hydrogens is 445 g/mol. The molecule has 1 saturated heterocycles. The van der Waals surface area contributed by atoms with E-state index >= 15 is 0 Å². The highest BCUT2D eigenvalue weighted by Crippen LogP contribution is 2.36. The highest BCUT2D eigenvalue weighted by atomic mass is 32.2. The van der Waals surface area contributed by atoms with Gasteiger partial charge in [0.25, 0.3) is 5.82 Å². The van der Waals surface area contributed by atoms with Crippen molar-refractivity contribution in [1.82, 2.24) is 18.9 Å². The molecule has 1 aliphatic heterocycles. The van der Waals surface area contributed by atoms with Gasteiger partial charge >= 0.3 is 10.2 Å². The molecule has 33 heavy (non-hydrogen) atoms. The van der Waals surface area contributed by atoms with E-state index in [2.05, 4.69) is 14.6 Å². The van der Waals surface area contributed by atoms with E-state index < -0.39 is 16.1 Å². The molecule has 10 heteroatoms. The average molecular weight is 472 g/mol. The molecule has 1 aliphatic carbocycles. The zero-order chi connectivity index (χ0) is 23.8. The Hall–Kier alpha value is -2.87. The second kappa shape index (κ2) is 9.17. The zero-order valence-electron chi connectivity index (χ0n) is 18.6. The Bertz CT molecular complexity index is 1240. The molecule has 2 heterocycles. The number of hydrogen-bond acceptors (Lipinski definition) is 5. The number of fused-ring (bicyclic) bond motifs is 1. The summed E-state index contributed by atoms with van der Waals surface area (Å²) in [6.07, 6.45) is 3.93. The van der Waals surface area contributed by atoms with Crippen LogP contribution in [0.25, 0.3) is 16.0 Å². The van der Waals surface area contributed by atoms with Crippen molar-refractivity contribution < 1.29 is 17.6 Å². The molecule has 174 valence electrons. The normalized spacial score (nSPS) is 18.3. The first-order chi connectivity index (χ1) is 15.7. The fourth-order valence-electron chi connectivity index (χ4n) is 4.73. The predicted molar refractivity (Wildman–Crippen MR) is 122 cm³/mol. The van der Waals surface area contributed by atoms with Crippen molar-refractivity contribution in [2.24, 2.45) is 0 Å². The maximum Gasteiger partial charge on any atom is 0.303 e. The Morgan fingerprint density at radius 1 is 1.36 bits per heavy atom. The van der Waals surface area contributed by atoms with Gasteiger partial charge < -0.3 is 9.74 Å². The minimum absolute atomic E-state index is 0.162. The van der Waals surface area contributed by atoms with Crippen LogP contribution in [0.15, 0.2) is 24.4 Å². The number of aromatic nitrogens is 1. The number of carbonyl (C=O) groups is 1. The fourth-order valence-corrected chi connectivity index (χ4v) is 5.80. The van der Waals surface area contributed by atoms with Crippen LogP contribution in [0.4, 0.5) is 10.2 Å². The van der Waals surface area contributed by atoms with E-state index in [1.165, 1.54) is 23.6 Å². The lowest BCUT2D eigenvalue weighted by Gasteiger charge is -2.24. The minimum Gasteiger partial charge on any atom is -0.361 e. The highest BCUT2D eigenvalue weighted by molar-refractivity contribution is 7.87. The number of pyridine rings is 1. The van der Waals surface area contributed by atoms with Gasteiger partial charge in [-0.25, -0.2) is 9.11 Å². The number of benzene rings is 1. The highest BCUT2D eigenvalue weighted by Gasteiger charge is 2.32. The second-order valence-corrected chi connectivity index (χ2v) is 10.4. The second-order valence-electron chi connectivity index (χ2n) is 8.64. The smallest absolute Gasteiger partial charge is 0.303 e. The molecule has 1 atom stereocenters. The number of nitrogens with zero attached hydrogens (tertiary/aromatic N) is 4. The molecule has 8 nitrogen and oxygen atoms in total. The van der Waals surface area contributed by atoms with Crippen LogP contribution >= 0.6 is 0 Å². The SMILES string of the molecule is [C-]#[N+]c1cc(-c2cc(F)c3c(c2CC(=O)NS(=O)(=O)N(C)C2CCN(C)C2)CCC3)ccn1. The number of rotatable bonds is 6. The van der Waals surface area contributed by atoms with Crippen LogP contribution in [0.2, 0.25) is 0 Å². The van der Waals surface area contributed by atoms with Crippen molar-refractivity contribution in [3.63, 3.8) is 0 Å². The van der Waals surface area contributed by atoms with E-state index in [0.717, 1.165) is 18.5 Å². The van der Waals surface area contributed by atoms with Gasteiger partial charge in [0.15, 0.2) is 0 Å². The molecule has 0 bridgehead atoms. The number of likely N-dealkylation sites (N-methyl/N-ethyl adjacent to an activating group) is 2. The summed E-state index contributed by atoms with van der Waals surface area (Å²) in [4.78, 5) is 22.3. The molecule has 0 spiro atoms. The van der Waals surface area contributed by atoms with E-state index in [0.29, 0.717) is 48.1 Å². The van der Waals surface area contributed by atoms with Gasteiger partial charge in [-0.05, 0) is 85.3 Å². The number of hydrogen-bond donors (Lipinski definition) is 1. The molecular formula is C23H26FN5O3S. The van der Waals surface area contributed by atoms with Crippen LogP contribution in [0.5, 0.6) is 0 Å². The van der Waals surface area contributed by atoms with Gasteiger partial charge in [0.1, 0.15) is 12.0 Å². The van der Waals surface area contributed by atoms with Crippen LogP contribution in [0, 0.1) is 12.4 Å². The van der Waals surface area contributed by atoms with Gasteiger partial charge in [0, 0.05) is 19.6 Å².